The highest BCUT2D eigenvalue weighted by molar-refractivity contribution is 7.98. The summed E-state index contributed by atoms with van der Waals surface area (Å²) in [5.41, 5.74) is -18.9. The van der Waals surface area contributed by atoms with E-state index in [1.807, 2.05) is 0 Å². The quantitative estimate of drug-likeness (QED) is 0.552. The Bertz CT molecular complexity index is 1000. The summed E-state index contributed by atoms with van der Waals surface area (Å²) in [6.07, 6.45) is -1.21. The monoisotopic (exact) mass is 519 g/mol. The summed E-state index contributed by atoms with van der Waals surface area (Å²) < 4.78 is 186. The number of alkyl halides is 9. The molecule has 0 heterocycles. The molecule has 0 saturated heterocycles. The highest BCUT2D eigenvalue weighted by Gasteiger charge is 2.59. The van der Waals surface area contributed by atoms with Crippen LogP contribution in [0.15, 0.2) is 22.0 Å². The summed E-state index contributed by atoms with van der Waals surface area (Å²) in [5.74, 6) is 0. The van der Waals surface area contributed by atoms with Crippen molar-refractivity contribution in [2.75, 3.05) is 6.54 Å². The number of nitrogens with one attached hydrogen (secondary N) is 1. The predicted molar refractivity (Wildman–Crippen MR) is 82.3 cm³/mol. The fourth-order valence-electron chi connectivity index (χ4n) is 2.20. The van der Waals surface area contributed by atoms with E-state index in [2.05, 4.69) is 0 Å². The van der Waals surface area contributed by atoms with Crippen LogP contribution in [-0.4, -0.2) is 59.6 Å². The van der Waals surface area contributed by atoms with E-state index in [4.69, 9.17) is 0 Å². The lowest BCUT2D eigenvalue weighted by Crippen LogP contribution is -2.47. The first-order valence-corrected chi connectivity index (χ1v) is 11.6. The molecule has 0 fully saturated rings. The van der Waals surface area contributed by atoms with Crippen LogP contribution in [-0.2, 0) is 29.5 Å². The Labute approximate surface area is 163 Å². The van der Waals surface area contributed by atoms with Crippen LogP contribution in [0, 0.1) is 0 Å². The molecule has 0 radical (unpaired) electrons. The van der Waals surface area contributed by atoms with Crippen molar-refractivity contribution < 1.29 is 64.8 Å². The van der Waals surface area contributed by atoms with Crippen LogP contribution in [0.3, 0.4) is 0 Å². The first-order chi connectivity index (χ1) is 13.0. The standard InChI is InChI=1S/C11H10F9NO6S3/c1-2-21-8-6(29(24,25)10(15,16)17)3-5(28(22,23)9(12,13)14)4-7(8)30(26,27)11(18,19)20/h3-5,8,21H,2H2,1H3. The Hall–Kier alpha value is -1.34. The van der Waals surface area contributed by atoms with Crippen LogP contribution in [0.1, 0.15) is 6.92 Å². The Morgan fingerprint density at radius 1 is 0.733 bits per heavy atom. The van der Waals surface area contributed by atoms with Gasteiger partial charge in [-0.25, -0.2) is 25.3 Å². The van der Waals surface area contributed by atoms with Crippen LogP contribution >= 0.6 is 0 Å². The summed E-state index contributed by atoms with van der Waals surface area (Å²) in [6, 6.07) is -2.95. The average molecular weight is 519 g/mol. The minimum atomic E-state index is -6.75. The molecule has 0 spiro atoms. The van der Waals surface area contributed by atoms with Crippen LogP contribution in [0.4, 0.5) is 39.5 Å². The van der Waals surface area contributed by atoms with E-state index in [-0.39, 0.29) is 0 Å². The van der Waals surface area contributed by atoms with Crippen molar-refractivity contribution >= 4 is 29.5 Å². The number of rotatable bonds is 5. The van der Waals surface area contributed by atoms with Gasteiger partial charge in [0, 0.05) is 0 Å². The van der Waals surface area contributed by atoms with Gasteiger partial charge in [0.15, 0.2) is 0 Å². The second-order valence-corrected chi connectivity index (χ2v) is 11.5. The van der Waals surface area contributed by atoms with Gasteiger partial charge in [0.05, 0.1) is 15.9 Å². The molecule has 0 saturated carbocycles. The van der Waals surface area contributed by atoms with E-state index in [9.17, 15) is 64.8 Å². The molecule has 0 unspecified atom stereocenters. The van der Waals surface area contributed by atoms with Gasteiger partial charge in [-0.1, -0.05) is 6.92 Å². The third-order valence-electron chi connectivity index (χ3n) is 3.55. The normalized spacial score (nSPS) is 22.5. The van der Waals surface area contributed by atoms with Crippen LogP contribution < -0.4 is 5.32 Å². The number of sulfone groups is 3. The molecule has 1 rings (SSSR count). The van der Waals surface area contributed by atoms with E-state index in [1.165, 1.54) is 0 Å². The lowest BCUT2D eigenvalue weighted by Gasteiger charge is -2.30. The van der Waals surface area contributed by atoms with Crippen molar-refractivity contribution in [3.05, 3.63) is 22.0 Å². The second kappa shape index (κ2) is 7.66. The van der Waals surface area contributed by atoms with E-state index >= 15 is 0 Å². The maximum atomic E-state index is 12.9. The topological polar surface area (TPSA) is 114 Å². The number of likely N-dealkylation sites (N-methyl/N-ethyl adjacent to an activating group) is 1. The van der Waals surface area contributed by atoms with Gasteiger partial charge < -0.3 is 5.32 Å². The zero-order valence-electron chi connectivity index (χ0n) is 14.1. The van der Waals surface area contributed by atoms with Crippen LogP contribution in [0.2, 0.25) is 0 Å². The van der Waals surface area contributed by atoms with Crippen molar-refractivity contribution in [1.82, 2.24) is 5.32 Å². The Balaban J connectivity index is 4.07. The zero-order chi connectivity index (χ0) is 24.1. The molecule has 1 N–H and O–H groups in total. The highest BCUT2D eigenvalue weighted by Crippen LogP contribution is 2.42. The third-order valence-corrected chi connectivity index (χ3v) is 8.38. The van der Waals surface area contributed by atoms with Crippen LogP contribution in [0.25, 0.3) is 0 Å². The van der Waals surface area contributed by atoms with Gasteiger partial charge in [-0.3, -0.25) is 0 Å². The van der Waals surface area contributed by atoms with Gasteiger partial charge in [-0.2, -0.15) is 39.5 Å². The van der Waals surface area contributed by atoms with Gasteiger partial charge in [-0.15, -0.1) is 0 Å². The number of hydrogen-bond acceptors (Lipinski definition) is 7. The molecule has 7 nitrogen and oxygen atoms in total. The molecule has 176 valence electrons. The molecular formula is C11H10F9NO6S3. The summed E-state index contributed by atoms with van der Waals surface area (Å²) in [7, 11) is -20.2. The van der Waals surface area contributed by atoms with Gasteiger partial charge in [-0.05, 0) is 18.7 Å². The third kappa shape index (κ3) is 4.47. The summed E-state index contributed by atoms with van der Waals surface area (Å²) in [6.45, 7) is 0.338. The summed E-state index contributed by atoms with van der Waals surface area (Å²) >= 11 is 0. The van der Waals surface area contributed by atoms with E-state index < -0.39 is 85.8 Å². The Morgan fingerprint density at radius 3 is 1.30 bits per heavy atom. The molecule has 1 aliphatic carbocycles. The van der Waals surface area contributed by atoms with Crippen molar-refractivity contribution in [3.63, 3.8) is 0 Å². The average Bonchev–Trinajstić information content (AvgIpc) is 2.51. The van der Waals surface area contributed by atoms with Crippen molar-refractivity contribution in [2.45, 2.75) is 34.7 Å². The largest absolute Gasteiger partial charge is 0.501 e. The fraction of sp³-hybridized carbons (Fsp3) is 0.636. The van der Waals surface area contributed by atoms with E-state index in [0.717, 1.165) is 6.92 Å². The molecule has 0 aromatic rings. The predicted octanol–water partition coefficient (Wildman–Crippen LogP) is 1.92. The summed E-state index contributed by atoms with van der Waals surface area (Å²) in [4.78, 5) is -4.67. The van der Waals surface area contributed by atoms with Gasteiger partial charge in [0.2, 0.25) is 0 Å². The van der Waals surface area contributed by atoms with Crippen molar-refractivity contribution in [2.24, 2.45) is 0 Å². The molecule has 0 aromatic carbocycles. The summed E-state index contributed by atoms with van der Waals surface area (Å²) in [5, 5.41) is -1.81. The van der Waals surface area contributed by atoms with Crippen LogP contribution in [0.5, 0.6) is 0 Å². The maximum absolute atomic E-state index is 12.9. The van der Waals surface area contributed by atoms with Crippen molar-refractivity contribution in [1.29, 1.82) is 0 Å². The highest BCUT2D eigenvalue weighted by atomic mass is 32.2. The SMILES string of the molecule is CCNC1C(S(=O)(=O)C(F)(F)F)=CC(S(=O)(=O)C(F)(F)F)C=C1S(=O)(=O)C(F)(F)F. The molecule has 0 bridgehead atoms. The minimum absolute atomic E-state index is 0.603. The molecule has 1 aliphatic rings. The number of halogens is 9. The fourth-order valence-corrected chi connectivity index (χ4v) is 5.63. The van der Waals surface area contributed by atoms with E-state index in [1.54, 1.807) is 5.32 Å². The molecule has 0 amide bonds. The Kier molecular flexibility index (Phi) is 6.82. The maximum Gasteiger partial charge on any atom is 0.501 e. The molecule has 0 atom stereocenters. The second-order valence-electron chi connectivity index (χ2n) is 5.48. The number of hydrogen-bond donors (Lipinski definition) is 1. The molecular weight excluding hydrogens is 509 g/mol. The minimum Gasteiger partial charge on any atom is -0.305 e. The molecule has 30 heavy (non-hydrogen) atoms. The first kappa shape index (κ1) is 26.7. The smallest absolute Gasteiger partial charge is 0.305 e. The van der Waals surface area contributed by atoms with Crippen molar-refractivity contribution in [3.8, 4) is 0 Å². The lowest BCUT2D eigenvalue weighted by atomic mass is 10.1. The zero-order valence-corrected chi connectivity index (χ0v) is 16.5. The van der Waals surface area contributed by atoms with Gasteiger partial charge >= 0.3 is 16.5 Å². The van der Waals surface area contributed by atoms with Gasteiger partial charge in [0.1, 0.15) is 5.25 Å². The molecule has 0 aromatic heterocycles. The lowest BCUT2D eigenvalue weighted by molar-refractivity contribution is -0.0439. The molecule has 0 aliphatic heterocycles. The molecule has 19 heteroatoms. The first-order valence-electron chi connectivity index (χ1n) is 7.13. The van der Waals surface area contributed by atoms with E-state index in [0.29, 0.717) is 0 Å². The Morgan fingerprint density at radius 2 is 1.07 bits per heavy atom. The van der Waals surface area contributed by atoms with Gasteiger partial charge in [0.25, 0.3) is 29.5 Å².